The summed E-state index contributed by atoms with van der Waals surface area (Å²) in [5.74, 6) is 0.789. The minimum atomic E-state index is -0.0706. The lowest BCUT2D eigenvalue weighted by Crippen LogP contribution is -2.07. The van der Waals surface area contributed by atoms with Crippen molar-refractivity contribution in [2.24, 2.45) is 5.73 Å². The molecule has 1 aromatic rings. The number of nitrogens with two attached hydrogens (primary N) is 1. The Morgan fingerprint density at radius 2 is 2.45 bits per heavy atom. The summed E-state index contributed by atoms with van der Waals surface area (Å²) in [6.07, 6.45) is 2.51. The van der Waals surface area contributed by atoms with Crippen LogP contribution in [0, 0.1) is 0 Å². The Morgan fingerprint density at radius 3 is 2.91 bits per heavy atom. The van der Waals surface area contributed by atoms with Gasteiger partial charge in [-0.25, -0.2) is 0 Å². The van der Waals surface area contributed by atoms with E-state index in [0.29, 0.717) is 4.67 Å². The molecule has 0 bridgehead atoms. The number of halogens is 1. The number of furan rings is 1. The van der Waals surface area contributed by atoms with Gasteiger partial charge < -0.3 is 10.2 Å². The van der Waals surface area contributed by atoms with Crippen molar-refractivity contribution in [2.45, 2.75) is 12.5 Å². The van der Waals surface area contributed by atoms with Gasteiger partial charge in [0.2, 0.25) is 0 Å². The topological polar surface area (TPSA) is 39.2 Å². The highest BCUT2D eigenvalue weighted by atomic mass is 79.9. The summed E-state index contributed by atoms with van der Waals surface area (Å²) in [7, 11) is 0. The smallest absolute Gasteiger partial charge is 0.169 e. The predicted octanol–water partition coefficient (Wildman–Crippen LogP) is 2.62. The maximum absolute atomic E-state index is 5.73. The Kier molecular flexibility index (Phi) is 2.91. The summed E-state index contributed by atoms with van der Waals surface area (Å²) in [6, 6.07) is 3.62. The van der Waals surface area contributed by atoms with Crippen LogP contribution in [0.2, 0.25) is 0 Å². The molecule has 0 aliphatic rings. The normalized spacial score (nSPS) is 12.9. The fourth-order valence-electron chi connectivity index (χ4n) is 0.823. The molecule has 0 radical (unpaired) electrons. The van der Waals surface area contributed by atoms with E-state index in [4.69, 9.17) is 10.2 Å². The molecule has 0 fully saturated rings. The average molecular weight is 216 g/mol. The molecule has 2 N–H and O–H groups in total. The first-order valence-corrected chi connectivity index (χ1v) is 4.15. The van der Waals surface area contributed by atoms with Crippen LogP contribution < -0.4 is 5.73 Å². The molecule has 11 heavy (non-hydrogen) atoms. The minimum absolute atomic E-state index is 0.0706. The summed E-state index contributed by atoms with van der Waals surface area (Å²) in [4.78, 5) is 0. The van der Waals surface area contributed by atoms with Gasteiger partial charge in [-0.2, -0.15) is 0 Å². The van der Waals surface area contributed by atoms with Gasteiger partial charge in [-0.3, -0.25) is 0 Å². The van der Waals surface area contributed by atoms with Crippen LogP contribution in [0.5, 0.6) is 0 Å². The van der Waals surface area contributed by atoms with Crippen LogP contribution in [0.4, 0.5) is 0 Å². The van der Waals surface area contributed by atoms with Gasteiger partial charge in [0.1, 0.15) is 5.76 Å². The Balaban J connectivity index is 2.67. The molecule has 0 aliphatic carbocycles. The zero-order chi connectivity index (χ0) is 8.27. The van der Waals surface area contributed by atoms with Crippen LogP contribution in [0.25, 0.3) is 0 Å². The van der Waals surface area contributed by atoms with Crippen LogP contribution in [-0.4, -0.2) is 0 Å². The molecule has 0 spiro atoms. The monoisotopic (exact) mass is 215 g/mol. The van der Waals surface area contributed by atoms with Crippen molar-refractivity contribution in [3.63, 3.8) is 0 Å². The molecule has 3 heteroatoms. The third-order valence-corrected chi connectivity index (χ3v) is 1.81. The molecule has 60 valence electrons. The third kappa shape index (κ3) is 2.20. The Bertz CT molecular complexity index is 244. The molecule has 1 rings (SSSR count). The molecule has 0 unspecified atom stereocenters. The number of hydrogen-bond acceptors (Lipinski definition) is 2. The quantitative estimate of drug-likeness (QED) is 0.788. The zero-order valence-electron chi connectivity index (χ0n) is 6.09. The molecule has 0 amide bonds. The van der Waals surface area contributed by atoms with Gasteiger partial charge >= 0.3 is 0 Å². The van der Waals surface area contributed by atoms with E-state index in [0.717, 1.165) is 12.2 Å². The molecule has 0 aliphatic heterocycles. The van der Waals surface area contributed by atoms with Gasteiger partial charge in [0.25, 0.3) is 0 Å². The molecule has 1 heterocycles. The Labute approximate surface area is 74.2 Å². The predicted molar refractivity (Wildman–Crippen MR) is 48.2 cm³/mol. The van der Waals surface area contributed by atoms with E-state index in [9.17, 15) is 0 Å². The lowest BCUT2D eigenvalue weighted by Gasteiger charge is -2.03. The largest absolute Gasteiger partial charge is 0.453 e. The second-order valence-electron chi connectivity index (χ2n) is 2.27. The SMILES string of the molecule is C=CC[C@@H](N)c1ccc(Br)o1. The van der Waals surface area contributed by atoms with E-state index >= 15 is 0 Å². The zero-order valence-corrected chi connectivity index (χ0v) is 7.67. The third-order valence-electron chi connectivity index (χ3n) is 1.38. The second kappa shape index (κ2) is 3.74. The lowest BCUT2D eigenvalue weighted by molar-refractivity contribution is 0.450. The molecular formula is C8H10BrNO. The summed E-state index contributed by atoms with van der Waals surface area (Å²) >= 11 is 3.20. The van der Waals surface area contributed by atoms with Crippen LogP contribution in [0.1, 0.15) is 18.2 Å². The van der Waals surface area contributed by atoms with Crippen molar-refractivity contribution >= 4 is 15.9 Å². The number of hydrogen-bond donors (Lipinski definition) is 1. The molecular weight excluding hydrogens is 206 g/mol. The highest BCUT2D eigenvalue weighted by Gasteiger charge is 2.07. The van der Waals surface area contributed by atoms with Gasteiger partial charge in [0, 0.05) is 0 Å². The molecule has 0 saturated carbocycles. The fourth-order valence-corrected chi connectivity index (χ4v) is 1.14. The Hall–Kier alpha value is -0.540. The van der Waals surface area contributed by atoms with Crippen molar-refractivity contribution < 1.29 is 4.42 Å². The Morgan fingerprint density at radius 1 is 1.73 bits per heavy atom. The van der Waals surface area contributed by atoms with Crippen LogP contribution >= 0.6 is 15.9 Å². The van der Waals surface area contributed by atoms with E-state index in [2.05, 4.69) is 22.5 Å². The minimum Gasteiger partial charge on any atom is -0.453 e. The highest BCUT2D eigenvalue weighted by Crippen LogP contribution is 2.20. The van der Waals surface area contributed by atoms with E-state index in [1.165, 1.54) is 0 Å². The van der Waals surface area contributed by atoms with Gasteiger partial charge in [-0.05, 0) is 34.5 Å². The van der Waals surface area contributed by atoms with Crippen LogP contribution in [0.15, 0.2) is 33.9 Å². The van der Waals surface area contributed by atoms with E-state index in [1.807, 2.05) is 12.1 Å². The highest BCUT2D eigenvalue weighted by molar-refractivity contribution is 9.10. The molecule has 1 aromatic heterocycles. The molecule has 0 aromatic carbocycles. The van der Waals surface area contributed by atoms with Gasteiger partial charge in [-0.1, -0.05) is 6.08 Å². The molecule has 2 nitrogen and oxygen atoms in total. The maximum atomic E-state index is 5.73. The van der Waals surface area contributed by atoms with Crippen LogP contribution in [-0.2, 0) is 0 Å². The van der Waals surface area contributed by atoms with Crippen LogP contribution in [0.3, 0.4) is 0 Å². The lowest BCUT2D eigenvalue weighted by atomic mass is 10.2. The van der Waals surface area contributed by atoms with Gasteiger partial charge in [0.15, 0.2) is 4.67 Å². The molecule has 1 atom stereocenters. The summed E-state index contributed by atoms with van der Waals surface area (Å²) in [5, 5.41) is 0. The number of rotatable bonds is 3. The first-order chi connectivity index (χ1) is 5.24. The average Bonchev–Trinajstić information content (AvgIpc) is 2.36. The van der Waals surface area contributed by atoms with Crippen molar-refractivity contribution in [3.8, 4) is 0 Å². The van der Waals surface area contributed by atoms with E-state index in [-0.39, 0.29) is 6.04 Å². The first kappa shape index (κ1) is 8.56. The van der Waals surface area contributed by atoms with Crippen molar-refractivity contribution in [3.05, 3.63) is 35.2 Å². The van der Waals surface area contributed by atoms with Gasteiger partial charge in [0.05, 0.1) is 6.04 Å². The maximum Gasteiger partial charge on any atom is 0.169 e. The van der Waals surface area contributed by atoms with Gasteiger partial charge in [-0.15, -0.1) is 6.58 Å². The summed E-state index contributed by atoms with van der Waals surface area (Å²) in [6.45, 7) is 3.60. The fraction of sp³-hybridized carbons (Fsp3) is 0.250. The van der Waals surface area contributed by atoms with E-state index in [1.54, 1.807) is 6.08 Å². The summed E-state index contributed by atoms with van der Waals surface area (Å²) in [5.41, 5.74) is 5.73. The first-order valence-electron chi connectivity index (χ1n) is 3.35. The van der Waals surface area contributed by atoms with Crippen molar-refractivity contribution in [1.29, 1.82) is 0 Å². The van der Waals surface area contributed by atoms with Crippen molar-refractivity contribution in [1.82, 2.24) is 0 Å². The standard InChI is InChI=1S/C8H10BrNO/c1-2-3-6(10)7-4-5-8(9)11-7/h2,4-6H,1,3,10H2/t6-/m1/s1. The van der Waals surface area contributed by atoms with E-state index < -0.39 is 0 Å². The molecule has 0 saturated heterocycles. The second-order valence-corrected chi connectivity index (χ2v) is 3.05. The van der Waals surface area contributed by atoms with Crippen molar-refractivity contribution in [2.75, 3.05) is 0 Å². The summed E-state index contributed by atoms with van der Waals surface area (Å²) < 4.78 is 5.96.